The van der Waals surface area contributed by atoms with Crippen molar-refractivity contribution in [2.45, 2.75) is 25.2 Å². The molecular formula is C16H19N3O5. The lowest BCUT2D eigenvalue weighted by Crippen LogP contribution is -2.30. The summed E-state index contributed by atoms with van der Waals surface area (Å²) in [6, 6.07) is 9.24. The largest absolute Gasteiger partial charge is 0.445 e. The number of aliphatic hydroxyl groups excluding tert-OH is 2. The lowest BCUT2D eigenvalue weighted by Gasteiger charge is -2.17. The Kier molecular flexibility index (Phi) is 6.47. The van der Waals surface area contributed by atoms with Crippen LogP contribution in [-0.2, 0) is 11.3 Å². The van der Waals surface area contributed by atoms with Crippen LogP contribution < -0.4 is 10.9 Å². The number of aliphatic hydroxyl groups is 2. The van der Waals surface area contributed by atoms with E-state index < -0.39 is 23.9 Å². The van der Waals surface area contributed by atoms with Gasteiger partial charge in [0.1, 0.15) is 12.7 Å². The van der Waals surface area contributed by atoms with E-state index in [0.717, 1.165) is 11.8 Å². The summed E-state index contributed by atoms with van der Waals surface area (Å²) < 4.78 is 5.02. The Hall–Kier alpha value is -2.71. The van der Waals surface area contributed by atoms with Crippen LogP contribution in [0.25, 0.3) is 0 Å². The maximum absolute atomic E-state index is 11.5. The highest BCUT2D eigenvalue weighted by molar-refractivity contribution is 5.67. The summed E-state index contributed by atoms with van der Waals surface area (Å²) in [5, 5.41) is 22.3. The monoisotopic (exact) mass is 333 g/mol. The van der Waals surface area contributed by atoms with Crippen molar-refractivity contribution in [3.63, 3.8) is 0 Å². The molecule has 1 aromatic heterocycles. The summed E-state index contributed by atoms with van der Waals surface area (Å²) in [6.45, 7) is 0.272. The van der Waals surface area contributed by atoms with E-state index in [4.69, 9.17) is 4.74 Å². The molecule has 4 N–H and O–H groups in total. The zero-order chi connectivity index (χ0) is 17.4. The molecule has 0 spiro atoms. The highest BCUT2D eigenvalue weighted by Gasteiger charge is 2.19. The van der Waals surface area contributed by atoms with Crippen molar-refractivity contribution in [3.05, 3.63) is 64.3 Å². The molecule has 0 fully saturated rings. The fourth-order valence-corrected chi connectivity index (χ4v) is 1.97. The predicted octanol–water partition coefficient (Wildman–Crippen LogP) is 0.481. The Bertz CT molecular complexity index is 684. The number of ether oxygens (including phenoxy) is 1. The minimum absolute atomic E-state index is 0.0996. The molecule has 0 bridgehead atoms. The first-order chi connectivity index (χ1) is 11.6. The molecule has 1 aromatic carbocycles. The normalized spacial score (nSPS) is 13.1. The van der Waals surface area contributed by atoms with Gasteiger partial charge in [-0.1, -0.05) is 30.3 Å². The molecule has 0 radical (unpaired) electrons. The topological polar surface area (TPSA) is 125 Å². The maximum atomic E-state index is 11.5. The Morgan fingerprint density at radius 3 is 2.71 bits per heavy atom. The lowest BCUT2D eigenvalue weighted by molar-refractivity contribution is 0.0109. The number of nitrogens with one attached hydrogen (secondary N) is 2. The van der Waals surface area contributed by atoms with Crippen LogP contribution in [0.3, 0.4) is 0 Å². The Labute approximate surface area is 138 Å². The summed E-state index contributed by atoms with van der Waals surface area (Å²) in [7, 11) is 0. The number of carbonyl (C=O) groups excluding carboxylic acids is 1. The van der Waals surface area contributed by atoms with Gasteiger partial charge in [0, 0.05) is 12.7 Å². The number of H-pyrrole nitrogens is 1. The first-order valence-electron chi connectivity index (χ1n) is 7.41. The molecule has 0 aliphatic carbocycles. The fraction of sp³-hybridized carbons (Fsp3) is 0.312. The number of hydrogen-bond acceptors (Lipinski definition) is 6. The second kappa shape index (κ2) is 8.80. The number of alkyl carbamates (subject to hydrolysis) is 1. The second-order valence-corrected chi connectivity index (χ2v) is 5.13. The van der Waals surface area contributed by atoms with E-state index in [-0.39, 0.29) is 25.3 Å². The molecule has 1 amide bonds. The molecule has 0 saturated carbocycles. The van der Waals surface area contributed by atoms with Crippen LogP contribution in [0, 0.1) is 0 Å². The molecule has 2 unspecified atom stereocenters. The van der Waals surface area contributed by atoms with E-state index in [1.54, 1.807) is 0 Å². The Morgan fingerprint density at radius 2 is 2.04 bits per heavy atom. The van der Waals surface area contributed by atoms with E-state index in [2.05, 4.69) is 15.3 Å². The molecule has 8 heteroatoms. The quantitative estimate of drug-likeness (QED) is 0.584. The van der Waals surface area contributed by atoms with Gasteiger partial charge in [-0.3, -0.25) is 9.78 Å². The lowest BCUT2D eigenvalue weighted by atomic mass is 10.1. The van der Waals surface area contributed by atoms with Crippen molar-refractivity contribution in [2.75, 3.05) is 6.54 Å². The summed E-state index contributed by atoms with van der Waals surface area (Å²) in [5.74, 6) is 0. The number of hydrogen-bond donors (Lipinski definition) is 4. The van der Waals surface area contributed by atoms with Crippen LogP contribution in [0.15, 0.2) is 47.5 Å². The Morgan fingerprint density at radius 1 is 1.29 bits per heavy atom. The summed E-state index contributed by atoms with van der Waals surface area (Å²) in [5.41, 5.74) is 0.615. The van der Waals surface area contributed by atoms with Crippen molar-refractivity contribution in [1.29, 1.82) is 0 Å². The fourth-order valence-electron chi connectivity index (χ4n) is 1.97. The molecule has 2 aromatic rings. The van der Waals surface area contributed by atoms with Crippen LogP contribution in [-0.4, -0.2) is 38.9 Å². The molecular weight excluding hydrogens is 314 g/mol. The van der Waals surface area contributed by atoms with Crippen LogP contribution >= 0.6 is 0 Å². The first kappa shape index (κ1) is 17.6. The minimum Gasteiger partial charge on any atom is -0.445 e. The van der Waals surface area contributed by atoms with Gasteiger partial charge in [-0.25, -0.2) is 4.79 Å². The molecule has 2 rings (SSSR count). The Balaban J connectivity index is 1.69. The van der Waals surface area contributed by atoms with Gasteiger partial charge in [0.25, 0.3) is 5.56 Å². The van der Waals surface area contributed by atoms with Crippen molar-refractivity contribution in [2.24, 2.45) is 0 Å². The molecule has 2 atom stereocenters. The van der Waals surface area contributed by atoms with Gasteiger partial charge in [-0.2, -0.15) is 0 Å². The third-order valence-corrected chi connectivity index (χ3v) is 3.28. The van der Waals surface area contributed by atoms with E-state index >= 15 is 0 Å². The molecule has 1 heterocycles. The highest BCUT2D eigenvalue weighted by atomic mass is 16.5. The number of aromatic amines is 1. The van der Waals surface area contributed by atoms with E-state index in [9.17, 15) is 19.8 Å². The number of aromatic nitrogens is 2. The van der Waals surface area contributed by atoms with Crippen LogP contribution in [0.2, 0.25) is 0 Å². The molecule has 24 heavy (non-hydrogen) atoms. The zero-order valence-electron chi connectivity index (χ0n) is 12.9. The van der Waals surface area contributed by atoms with Crippen molar-refractivity contribution in [1.82, 2.24) is 15.3 Å². The number of nitrogens with zero attached hydrogens (tertiary/aromatic N) is 1. The van der Waals surface area contributed by atoms with Gasteiger partial charge in [0.15, 0.2) is 0 Å². The van der Waals surface area contributed by atoms with Crippen molar-refractivity contribution < 1.29 is 19.7 Å². The summed E-state index contributed by atoms with van der Waals surface area (Å²) >= 11 is 0. The van der Waals surface area contributed by atoms with Crippen molar-refractivity contribution in [3.8, 4) is 0 Å². The van der Waals surface area contributed by atoms with Crippen LogP contribution in [0.5, 0.6) is 0 Å². The first-order valence-corrected chi connectivity index (χ1v) is 7.41. The van der Waals surface area contributed by atoms with E-state index in [1.807, 2.05) is 30.3 Å². The SMILES string of the molecule is O=C(NCCC(O)C(O)c1c[nH]c(=O)cn1)OCc1ccccc1. The average Bonchev–Trinajstić information content (AvgIpc) is 2.61. The average molecular weight is 333 g/mol. The standard InChI is InChI=1S/C16H19N3O5/c20-13(15(22)12-8-19-14(21)9-18-12)6-7-17-16(23)24-10-11-4-2-1-3-5-11/h1-5,8-9,13,15,20,22H,6-7,10H2,(H,17,23)(H,19,21). The molecule has 0 saturated heterocycles. The van der Waals surface area contributed by atoms with Gasteiger partial charge in [0.05, 0.1) is 18.0 Å². The summed E-state index contributed by atoms with van der Waals surface area (Å²) in [4.78, 5) is 28.6. The molecule has 0 aliphatic rings. The molecule has 0 aliphatic heterocycles. The van der Waals surface area contributed by atoms with Gasteiger partial charge < -0.3 is 25.3 Å². The third kappa shape index (κ3) is 5.49. The van der Waals surface area contributed by atoms with Crippen LogP contribution in [0.4, 0.5) is 4.79 Å². The van der Waals surface area contributed by atoms with E-state index in [0.29, 0.717) is 0 Å². The van der Waals surface area contributed by atoms with Gasteiger partial charge in [0.2, 0.25) is 0 Å². The van der Waals surface area contributed by atoms with Crippen molar-refractivity contribution >= 4 is 6.09 Å². The second-order valence-electron chi connectivity index (χ2n) is 5.13. The third-order valence-electron chi connectivity index (χ3n) is 3.28. The zero-order valence-corrected chi connectivity index (χ0v) is 12.9. The summed E-state index contributed by atoms with van der Waals surface area (Å²) in [6.07, 6.45) is -0.658. The van der Waals surface area contributed by atoms with Gasteiger partial charge >= 0.3 is 6.09 Å². The molecule has 128 valence electrons. The smallest absolute Gasteiger partial charge is 0.407 e. The maximum Gasteiger partial charge on any atom is 0.407 e. The highest BCUT2D eigenvalue weighted by Crippen LogP contribution is 2.14. The van der Waals surface area contributed by atoms with Gasteiger partial charge in [-0.15, -0.1) is 0 Å². The van der Waals surface area contributed by atoms with Gasteiger partial charge in [-0.05, 0) is 12.0 Å². The predicted molar refractivity (Wildman–Crippen MR) is 85.1 cm³/mol. The number of benzene rings is 1. The number of carbonyl (C=O) groups is 1. The van der Waals surface area contributed by atoms with Crippen LogP contribution in [0.1, 0.15) is 23.8 Å². The number of amides is 1. The minimum atomic E-state index is -1.26. The van der Waals surface area contributed by atoms with E-state index in [1.165, 1.54) is 6.20 Å². The number of rotatable bonds is 7. The molecule has 8 nitrogen and oxygen atoms in total.